The molecule has 1 aliphatic carbocycles. The van der Waals surface area contributed by atoms with Crippen molar-refractivity contribution in [1.29, 1.82) is 0 Å². The lowest BCUT2D eigenvalue weighted by Gasteiger charge is -2.23. The lowest BCUT2D eigenvalue weighted by molar-refractivity contribution is 0.596. The summed E-state index contributed by atoms with van der Waals surface area (Å²) in [5.74, 6) is 7.84. The summed E-state index contributed by atoms with van der Waals surface area (Å²) in [7, 11) is 1.94. The van der Waals surface area contributed by atoms with Crippen LogP contribution in [0.3, 0.4) is 0 Å². The van der Waals surface area contributed by atoms with Crippen molar-refractivity contribution in [2.75, 3.05) is 11.9 Å². The summed E-state index contributed by atoms with van der Waals surface area (Å²) < 4.78 is 1.83. The van der Waals surface area contributed by atoms with Crippen LogP contribution in [0.4, 0.5) is 5.69 Å². The van der Waals surface area contributed by atoms with E-state index in [9.17, 15) is 4.79 Å². The molecule has 0 radical (unpaired) electrons. The third kappa shape index (κ3) is 4.60. The van der Waals surface area contributed by atoms with Crippen molar-refractivity contribution >= 4 is 5.69 Å². The van der Waals surface area contributed by atoms with Crippen LogP contribution in [0.15, 0.2) is 59.7 Å². The molecule has 0 bridgehead atoms. The fourth-order valence-electron chi connectivity index (χ4n) is 3.53. The van der Waals surface area contributed by atoms with Gasteiger partial charge in [-0.2, -0.15) is 0 Å². The minimum atomic E-state index is -0.0558. The lowest BCUT2D eigenvalue weighted by atomic mass is 10.0. The average molecular weight is 399 g/mol. The van der Waals surface area contributed by atoms with Gasteiger partial charge in [-0.25, -0.2) is 9.97 Å². The van der Waals surface area contributed by atoms with E-state index in [-0.39, 0.29) is 11.6 Å². The van der Waals surface area contributed by atoms with Crippen LogP contribution in [-0.4, -0.2) is 21.6 Å². The minimum Gasteiger partial charge on any atom is -0.367 e. The molecule has 0 saturated heterocycles. The Morgan fingerprint density at radius 1 is 1.17 bits per heavy atom. The first-order valence-electron chi connectivity index (χ1n) is 10.3. The van der Waals surface area contributed by atoms with Gasteiger partial charge in [-0.05, 0) is 56.5 Å². The molecule has 1 atom stereocenters. The van der Waals surface area contributed by atoms with Gasteiger partial charge in [0.1, 0.15) is 5.82 Å². The highest BCUT2D eigenvalue weighted by Gasteiger charge is 2.18. The Bertz CT molecular complexity index is 1140. The number of rotatable bonds is 5. The quantitative estimate of drug-likeness (QED) is 0.611. The maximum Gasteiger partial charge on any atom is 0.253 e. The fraction of sp³-hybridized carbons (Fsp3) is 0.320. The van der Waals surface area contributed by atoms with E-state index < -0.39 is 0 Å². The molecule has 2 heterocycles. The molecule has 2 aromatic heterocycles. The fourth-order valence-corrected chi connectivity index (χ4v) is 3.53. The van der Waals surface area contributed by atoms with Gasteiger partial charge in [0.2, 0.25) is 0 Å². The second-order valence-corrected chi connectivity index (χ2v) is 7.93. The van der Waals surface area contributed by atoms with E-state index in [0.29, 0.717) is 12.5 Å². The van der Waals surface area contributed by atoms with Gasteiger partial charge < -0.3 is 9.47 Å². The molecular weight excluding hydrogens is 372 g/mol. The maximum atomic E-state index is 13.0. The zero-order valence-corrected chi connectivity index (χ0v) is 17.7. The van der Waals surface area contributed by atoms with Gasteiger partial charge in [-0.15, -0.1) is 0 Å². The highest BCUT2D eigenvalue weighted by atomic mass is 16.1. The van der Waals surface area contributed by atoms with E-state index >= 15 is 0 Å². The molecule has 5 heteroatoms. The zero-order chi connectivity index (χ0) is 21.1. The summed E-state index contributed by atoms with van der Waals surface area (Å²) in [5.41, 5.74) is 3.89. The van der Waals surface area contributed by atoms with Gasteiger partial charge in [0.15, 0.2) is 0 Å². The van der Waals surface area contributed by atoms with E-state index in [2.05, 4.69) is 40.9 Å². The van der Waals surface area contributed by atoms with Crippen molar-refractivity contribution in [3.8, 4) is 11.8 Å². The van der Waals surface area contributed by atoms with E-state index in [1.807, 2.05) is 41.6 Å². The second kappa shape index (κ2) is 8.54. The van der Waals surface area contributed by atoms with Gasteiger partial charge >= 0.3 is 0 Å². The summed E-state index contributed by atoms with van der Waals surface area (Å²) >= 11 is 0. The van der Waals surface area contributed by atoms with Crippen LogP contribution >= 0.6 is 0 Å². The summed E-state index contributed by atoms with van der Waals surface area (Å²) in [6, 6.07) is 13.7. The van der Waals surface area contributed by atoms with Crippen LogP contribution in [0.1, 0.15) is 48.5 Å². The smallest absolute Gasteiger partial charge is 0.253 e. The summed E-state index contributed by atoms with van der Waals surface area (Å²) in [6.07, 6.45) is 5.91. The maximum absolute atomic E-state index is 13.0. The topological polar surface area (TPSA) is 51.0 Å². The number of hydrogen-bond acceptors (Lipinski definition) is 4. The molecule has 0 N–H and O–H groups in total. The van der Waals surface area contributed by atoms with Crippen LogP contribution in [0, 0.1) is 24.7 Å². The summed E-state index contributed by atoms with van der Waals surface area (Å²) in [4.78, 5) is 23.5. The van der Waals surface area contributed by atoms with Crippen LogP contribution in [-0.2, 0) is 6.54 Å². The summed E-state index contributed by atoms with van der Waals surface area (Å²) in [5, 5.41) is 0. The first kappa shape index (κ1) is 19.9. The molecule has 3 aromatic rings. The van der Waals surface area contributed by atoms with Crippen molar-refractivity contribution in [3.05, 3.63) is 87.9 Å². The van der Waals surface area contributed by atoms with E-state index in [4.69, 9.17) is 0 Å². The molecule has 1 aromatic carbocycles. The van der Waals surface area contributed by atoms with Crippen molar-refractivity contribution in [2.24, 2.45) is 5.92 Å². The van der Waals surface area contributed by atoms with Crippen molar-refractivity contribution in [2.45, 2.75) is 39.3 Å². The third-order valence-electron chi connectivity index (χ3n) is 5.46. The predicted molar refractivity (Wildman–Crippen MR) is 119 cm³/mol. The Morgan fingerprint density at radius 2 is 1.87 bits per heavy atom. The monoisotopic (exact) mass is 398 g/mol. The van der Waals surface area contributed by atoms with Crippen LogP contribution in [0.5, 0.6) is 0 Å². The summed E-state index contributed by atoms with van der Waals surface area (Å²) in [6.45, 7) is 4.58. The standard InChI is InChI=1S/C25H26N4O/c1-18-15-23(28(3)17-24-26-13-4-14-27-24)16-25(30)29(18)19(2)22-11-9-21(10-12-22)8-7-20-5-6-20/h4,9-16,19-20H,5-6,17H2,1-3H3/t19-/m1/s1. The molecule has 0 aliphatic heterocycles. The first-order valence-corrected chi connectivity index (χ1v) is 10.3. The van der Waals surface area contributed by atoms with Crippen molar-refractivity contribution in [3.63, 3.8) is 0 Å². The highest BCUT2D eigenvalue weighted by molar-refractivity contribution is 5.46. The molecule has 1 saturated carbocycles. The predicted octanol–water partition coefficient (Wildman–Crippen LogP) is 3.95. The normalized spacial score (nSPS) is 14.0. The molecule has 0 unspecified atom stereocenters. The van der Waals surface area contributed by atoms with Gasteiger partial charge in [0.05, 0.1) is 12.6 Å². The molecule has 5 nitrogen and oxygen atoms in total. The van der Waals surface area contributed by atoms with Crippen molar-refractivity contribution in [1.82, 2.24) is 14.5 Å². The SMILES string of the molecule is Cc1cc(N(C)Cc2ncccn2)cc(=O)n1[C@H](C)c1ccc(C#CC2CC2)cc1. The number of pyridine rings is 1. The number of benzene rings is 1. The van der Waals surface area contributed by atoms with E-state index in [0.717, 1.165) is 28.3 Å². The molecule has 152 valence electrons. The number of aromatic nitrogens is 3. The van der Waals surface area contributed by atoms with Gasteiger partial charge in [-0.3, -0.25) is 4.79 Å². The molecular formula is C25H26N4O. The minimum absolute atomic E-state index is 0.0177. The van der Waals surface area contributed by atoms with Gasteiger partial charge in [0, 0.05) is 48.4 Å². The number of aryl methyl sites for hydroxylation is 1. The Balaban J connectivity index is 1.54. The number of nitrogens with zero attached hydrogens (tertiary/aromatic N) is 4. The number of anilines is 1. The average Bonchev–Trinajstić information content (AvgIpc) is 3.57. The van der Waals surface area contributed by atoms with E-state index in [1.54, 1.807) is 24.5 Å². The van der Waals surface area contributed by atoms with Gasteiger partial charge in [-0.1, -0.05) is 24.0 Å². The van der Waals surface area contributed by atoms with Gasteiger partial charge in [0.25, 0.3) is 5.56 Å². The molecule has 30 heavy (non-hydrogen) atoms. The molecule has 4 rings (SSSR count). The van der Waals surface area contributed by atoms with Crippen LogP contribution in [0.2, 0.25) is 0 Å². The highest BCUT2D eigenvalue weighted by Crippen LogP contribution is 2.27. The van der Waals surface area contributed by atoms with Crippen LogP contribution < -0.4 is 10.5 Å². The second-order valence-electron chi connectivity index (χ2n) is 7.93. The van der Waals surface area contributed by atoms with Crippen molar-refractivity contribution < 1.29 is 0 Å². The number of hydrogen-bond donors (Lipinski definition) is 0. The lowest BCUT2D eigenvalue weighted by Crippen LogP contribution is -2.28. The molecule has 1 aliphatic rings. The molecule has 0 spiro atoms. The van der Waals surface area contributed by atoms with E-state index in [1.165, 1.54) is 12.8 Å². The van der Waals surface area contributed by atoms with Crippen LogP contribution in [0.25, 0.3) is 0 Å². The Morgan fingerprint density at radius 3 is 2.50 bits per heavy atom. The third-order valence-corrected chi connectivity index (χ3v) is 5.46. The zero-order valence-electron chi connectivity index (χ0n) is 17.7. The molecule has 1 fully saturated rings. The Hall–Kier alpha value is -3.39. The molecule has 0 amide bonds. The largest absolute Gasteiger partial charge is 0.367 e. The first-order chi connectivity index (χ1) is 14.5. The Labute approximate surface area is 177 Å². The Kier molecular flexibility index (Phi) is 5.67.